The lowest BCUT2D eigenvalue weighted by atomic mass is 10.1. The van der Waals surface area contributed by atoms with Gasteiger partial charge in [-0.25, -0.2) is 0 Å². The number of rotatable bonds is 3. The molecule has 0 amide bonds. The van der Waals surface area contributed by atoms with Gasteiger partial charge in [-0.05, 0) is 5.56 Å². The number of hydrogen-bond donors (Lipinski definition) is 1. The highest BCUT2D eigenvalue weighted by molar-refractivity contribution is 5.13. The Hall–Kier alpha value is -0.940. The monoisotopic (exact) mass is 236 g/mol. The van der Waals surface area contributed by atoms with Crippen molar-refractivity contribution in [2.75, 3.05) is 13.2 Å². The summed E-state index contributed by atoms with van der Waals surface area (Å²) >= 11 is 0. The van der Waals surface area contributed by atoms with Crippen LogP contribution in [0.5, 0.6) is 0 Å². The van der Waals surface area contributed by atoms with Gasteiger partial charge < -0.3 is 19.3 Å². The van der Waals surface area contributed by atoms with Gasteiger partial charge in [0.05, 0.1) is 19.8 Å². The highest BCUT2D eigenvalue weighted by Gasteiger charge is 2.47. The highest BCUT2D eigenvalue weighted by atomic mass is 16.6. The van der Waals surface area contributed by atoms with Gasteiger partial charge in [-0.1, -0.05) is 30.3 Å². The van der Waals surface area contributed by atoms with Crippen molar-refractivity contribution < 1.29 is 19.3 Å². The van der Waals surface area contributed by atoms with Gasteiger partial charge in [0.2, 0.25) is 0 Å². The predicted octanol–water partition coefficient (Wildman–Crippen LogP) is 0.730. The van der Waals surface area contributed by atoms with Gasteiger partial charge >= 0.3 is 0 Å². The first-order valence-electron chi connectivity index (χ1n) is 5.91. The first-order chi connectivity index (χ1) is 8.34. The number of ether oxygens (including phenoxy) is 3. The second-order valence-electron chi connectivity index (χ2n) is 4.50. The summed E-state index contributed by atoms with van der Waals surface area (Å²) in [5.41, 5.74) is 1.13. The Morgan fingerprint density at radius 2 is 1.88 bits per heavy atom. The van der Waals surface area contributed by atoms with Crippen molar-refractivity contribution in [2.24, 2.45) is 0 Å². The second-order valence-corrected chi connectivity index (χ2v) is 4.50. The lowest BCUT2D eigenvalue weighted by molar-refractivity contribution is -0.0439. The van der Waals surface area contributed by atoms with E-state index in [2.05, 4.69) is 0 Å². The molecule has 2 fully saturated rings. The molecule has 4 nitrogen and oxygen atoms in total. The predicted molar refractivity (Wildman–Crippen MR) is 60.5 cm³/mol. The molecule has 2 aliphatic heterocycles. The van der Waals surface area contributed by atoms with Gasteiger partial charge in [0.25, 0.3) is 0 Å². The van der Waals surface area contributed by atoms with Crippen molar-refractivity contribution in [2.45, 2.75) is 31.0 Å². The van der Waals surface area contributed by atoms with Gasteiger partial charge in [-0.3, -0.25) is 0 Å². The minimum atomic E-state index is -0.509. The first kappa shape index (κ1) is 11.2. The molecule has 1 aromatic rings. The Morgan fingerprint density at radius 1 is 1.12 bits per heavy atom. The summed E-state index contributed by atoms with van der Waals surface area (Å²) in [7, 11) is 0. The Kier molecular flexibility index (Phi) is 3.11. The average molecular weight is 236 g/mol. The summed E-state index contributed by atoms with van der Waals surface area (Å²) in [6.07, 6.45) is -0.910. The number of aliphatic hydroxyl groups excluding tert-OH is 1. The van der Waals surface area contributed by atoms with Crippen molar-refractivity contribution in [3.05, 3.63) is 35.9 Å². The normalized spacial score (nSPS) is 36.1. The van der Waals surface area contributed by atoms with Gasteiger partial charge in [-0.15, -0.1) is 0 Å². The molecule has 1 N–H and O–H groups in total. The first-order valence-corrected chi connectivity index (χ1v) is 5.91. The molecule has 0 saturated carbocycles. The third-order valence-electron chi connectivity index (χ3n) is 3.29. The minimum absolute atomic E-state index is 0.0719. The van der Waals surface area contributed by atoms with E-state index in [0.717, 1.165) is 5.56 Å². The van der Waals surface area contributed by atoms with Crippen LogP contribution in [0.3, 0.4) is 0 Å². The zero-order valence-electron chi connectivity index (χ0n) is 9.49. The van der Waals surface area contributed by atoms with E-state index < -0.39 is 6.10 Å². The van der Waals surface area contributed by atoms with Crippen LogP contribution in [-0.2, 0) is 20.8 Å². The zero-order chi connectivity index (χ0) is 11.7. The lowest BCUT2D eigenvalue weighted by Crippen LogP contribution is -2.32. The molecule has 0 unspecified atom stereocenters. The van der Waals surface area contributed by atoms with Crippen LogP contribution < -0.4 is 0 Å². The largest absolute Gasteiger partial charge is 0.388 e. The average Bonchev–Trinajstić information content (AvgIpc) is 2.92. The minimum Gasteiger partial charge on any atom is -0.388 e. The molecule has 0 aliphatic carbocycles. The Morgan fingerprint density at radius 3 is 2.71 bits per heavy atom. The molecule has 2 saturated heterocycles. The van der Waals surface area contributed by atoms with Gasteiger partial charge in [0.1, 0.15) is 24.4 Å². The number of aliphatic hydroxyl groups is 1. The maximum absolute atomic E-state index is 9.60. The Bertz CT molecular complexity index is 367. The molecule has 0 aromatic heterocycles. The van der Waals surface area contributed by atoms with E-state index in [0.29, 0.717) is 19.8 Å². The van der Waals surface area contributed by atoms with Crippen molar-refractivity contribution in [3.63, 3.8) is 0 Å². The second kappa shape index (κ2) is 4.74. The van der Waals surface area contributed by atoms with Crippen LogP contribution in [-0.4, -0.2) is 42.7 Å². The van der Waals surface area contributed by atoms with Gasteiger partial charge in [-0.2, -0.15) is 0 Å². The molecule has 4 heteroatoms. The Labute approximate surface area is 100 Å². The summed E-state index contributed by atoms with van der Waals surface area (Å²) in [5.74, 6) is 0. The van der Waals surface area contributed by atoms with E-state index in [4.69, 9.17) is 14.2 Å². The van der Waals surface area contributed by atoms with Crippen molar-refractivity contribution >= 4 is 0 Å². The molecule has 2 heterocycles. The highest BCUT2D eigenvalue weighted by Crippen LogP contribution is 2.29. The lowest BCUT2D eigenvalue weighted by Gasteiger charge is -2.16. The standard InChI is InChI=1S/C13H16O4/c14-10-7-16-13-11(8-17-12(10)13)15-6-9-4-2-1-3-5-9/h1-5,10-14H,6-8H2/t10-,11+,12-,13-/m1/s1. The smallest absolute Gasteiger partial charge is 0.115 e. The van der Waals surface area contributed by atoms with Gasteiger partial charge in [0, 0.05) is 0 Å². The maximum Gasteiger partial charge on any atom is 0.115 e. The fourth-order valence-electron chi connectivity index (χ4n) is 2.36. The van der Waals surface area contributed by atoms with Crippen LogP contribution >= 0.6 is 0 Å². The van der Waals surface area contributed by atoms with Crippen molar-refractivity contribution in [1.82, 2.24) is 0 Å². The summed E-state index contributed by atoms with van der Waals surface area (Å²) in [5, 5.41) is 9.60. The van der Waals surface area contributed by atoms with Crippen LogP contribution in [0, 0.1) is 0 Å². The van der Waals surface area contributed by atoms with Crippen LogP contribution in [0.15, 0.2) is 30.3 Å². The molecule has 0 bridgehead atoms. The van der Waals surface area contributed by atoms with Crippen LogP contribution in [0.25, 0.3) is 0 Å². The third kappa shape index (κ3) is 2.21. The molecule has 3 rings (SSSR count). The van der Waals surface area contributed by atoms with Crippen molar-refractivity contribution in [1.29, 1.82) is 0 Å². The molecule has 2 aliphatic rings. The maximum atomic E-state index is 9.60. The fourth-order valence-corrected chi connectivity index (χ4v) is 2.36. The van der Waals surface area contributed by atoms with Gasteiger partial charge in [0.15, 0.2) is 0 Å². The zero-order valence-corrected chi connectivity index (χ0v) is 9.49. The summed E-state index contributed by atoms with van der Waals surface area (Å²) in [4.78, 5) is 0. The van der Waals surface area contributed by atoms with E-state index in [1.807, 2.05) is 30.3 Å². The number of fused-ring (bicyclic) bond motifs is 1. The topological polar surface area (TPSA) is 47.9 Å². The quantitative estimate of drug-likeness (QED) is 0.840. The van der Waals surface area contributed by atoms with Crippen LogP contribution in [0.2, 0.25) is 0 Å². The van der Waals surface area contributed by atoms with E-state index in [1.165, 1.54) is 0 Å². The summed E-state index contributed by atoms with van der Waals surface area (Å²) < 4.78 is 16.8. The molecular weight excluding hydrogens is 220 g/mol. The SMILES string of the molecule is O[C@@H]1CO[C@H]2[C@@H]1OC[C@@H]2OCc1ccccc1. The van der Waals surface area contributed by atoms with Crippen molar-refractivity contribution in [3.8, 4) is 0 Å². The fraction of sp³-hybridized carbons (Fsp3) is 0.538. The molecule has 0 radical (unpaired) electrons. The number of benzene rings is 1. The summed E-state index contributed by atoms with van der Waals surface area (Å²) in [6.45, 7) is 1.40. The summed E-state index contributed by atoms with van der Waals surface area (Å²) in [6, 6.07) is 10.0. The molecule has 1 aromatic carbocycles. The molecule has 0 spiro atoms. The number of hydrogen-bond acceptors (Lipinski definition) is 4. The van der Waals surface area contributed by atoms with Crippen LogP contribution in [0.4, 0.5) is 0 Å². The third-order valence-corrected chi connectivity index (χ3v) is 3.29. The van der Waals surface area contributed by atoms with E-state index >= 15 is 0 Å². The van der Waals surface area contributed by atoms with Crippen LogP contribution in [0.1, 0.15) is 5.56 Å². The molecule has 92 valence electrons. The van der Waals surface area contributed by atoms with E-state index in [1.54, 1.807) is 0 Å². The van der Waals surface area contributed by atoms with E-state index in [-0.39, 0.29) is 18.3 Å². The Balaban J connectivity index is 1.57. The van der Waals surface area contributed by atoms with E-state index in [9.17, 15) is 5.11 Å². The molecular formula is C13H16O4. The molecule has 17 heavy (non-hydrogen) atoms. The molecule has 4 atom stereocenters.